The summed E-state index contributed by atoms with van der Waals surface area (Å²) in [5.41, 5.74) is 0. The van der Waals surface area contributed by atoms with E-state index in [1.54, 1.807) is 0 Å². The zero-order valence-electron chi connectivity index (χ0n) is 16.4. The Bertz CT molecular complexity index is 344. The molecule has 0 aromatic carbocycles. The molecule has 0 aliphatic heterocycles. The van der Waals surface area contributed by atoms with Gasteiger partial charge in [0.15, 0.2) is 5.96 Å². The van der Waals surface area contributed by atoms with E-state index in [0.717, 1.165) is 38.6 Å². The van der Waals surface area contributed by atoms with Crippen LogP contribution in [0.15, 0.2) is 4.99 Å². The lowest BCUT2D eigenvalue weighted by molar-refractivity contribution is -0.143. The molecule has 0 radical (unpaired) electrons. The molecule has 2 N–H and O–H groups in total. The van der Waals surface area contributed by atoms with Crippen LogP contribution in [-0.4, -0.2) is 62.2 Å². The Hall–Kier alpha value is -1.30. The molecule has 0 aliphatic rings. The largest absolute Gasteiger partial charge is 0.466 e. The van der Waals surface area contributed by atoms with Gasteiger partial charge in [-0.25, -0.2) is 0 Å². The van der Waals surface area contributed by atoms with Gasteiger partial charge in [0.25, 0.3) is 0 Å². The Balaban J connectivity index is 4.11. The van der Waals surface area contributed by atoms with Crippen LogP contribution in [0.25, 0.3) is 0 Å². The van der Waals surface area contributed by atoms with Gasteiger partial charge in [-0.3, -0.25) is 9.79 Å². The number of hydrogen-bond acceptors (Lipinski definition) is 4. The van der Waals surface area contributed by atoms with Crippen LogP contribution in [0.2, 0.25) is 0 Å². The highest BCUT2D eigenvalue weighted by Crippen LogP contribution is 2.00. The van der Waals surface area contributed by atoms with Crippen molar-refractivity contribution in [1.29, 1.82) is 0 Å². The first-order valence-electron chi connectivity index (χ1n) is 9.50. The van der Waals surface area contributed by atoms with Crippen molar-refractivity contribution < 1.29 is 9.53 Å². The molecular formula is C18H38N4O2. The molecule has 0 bridgehead atoms. The van der Waals surface area contributed by atoms with Gasteiger partial charge in [0.05, 0.1) is 6.61 Å². The highest BCUT2D eigenvalue weighted by atomic mass is 16.5. The van der Waals surface area contributed by atoms with Crippen molar-refractivity contribution in [2.45, 2.75) is 66.3 Å². The lowest BCUT2D eigenvalue weighted by Gasteiger charge is -2.21. The number of ether oxygens (including phenoxy) is 1. The number of rotatable bonds is 13. The SMILES string of the molecule is CCNC(=NCCCC(=O)OCC)NC(C)CCCN(CC)CC. The lowest BCUT2D eigenvalue weighted by atomic mass is 10.2. The molecule has 0 fully saturated rings. The zero-order valence-corrected chi connectivity index (χ0v) is 16.4. The lowest BCUT2D eigenvalue weighted by Crippen LogP contribution is -2.42. The van der Waals surface area contributed by atoms with Gasteiger partial charge in [-0.1, -0.05) is 13.8 Å². The molecule has 0 spiro atoms. The summed E-state index contributed by atoms with van der Waals surface area (Å²) in [5, 5.41) is 6.71. The second-order valence-electron chi connectivity index (χ2n) is 5.88. The standard InChI is InChI=1S/C18H38N4O2/c1-6-19-18(20-14-10-13-17(23)24-9-4)21-16(5)12-11-15-22(7-2)8-3/h16H,6-15H2,1-5H3,(H2,19,20,21). The first kappa shape index (κ1) is 22.7. The molecule has 6 nitrogen and oxygen atoms in total. The maximum Gasteiger partial charge on any atom is 0.305 e. The van der Waals surface area contributed by atoms with Gasteiger partial charge < -0.3 is 20.3 Å². The van der Waals surface area contributed by atoms with Crippen molar-refractivity contribution in [1.82, 2.24) is 15.5 Å². The Morgan fingerprint density at radius 1 is 1.17 bits per heavy atom. The van der Waals surface area contributed by atoms with Gasteiger partial charge in [0.2, 0.25) is 0 Å². The van der Waals surface area contributed by atoms with Crippen LogP contribution >= 0.6 is 0 Å². The molecular weight excluding hydrogens is 304 g/mol. The third kappa shape index (κ3) is 12.2. The summed E-state index contributed by atoms with van der Waals surface area (Å²) in [5.74, 6) is 0.687. The summed E-state index contributed by atoms with van der Waals surface area (Å²) in [6.45, 7) is 15.7. The number of aliphatic imine (C=N–C) groups is 1. The van der Waals surface area contributed by atoms with Crippen LogP contribution in [0.3, 0.4) is 0 Å². The average molecular weight is 343 g/mol. The minimum Gasteiger partial charge on any atom is -0.466 e. The normalized spacial score (nSPS) is 13.0. The number of esters is 1. The molecule has 0 aliphatic carbocycles. The minimum atomic E-state index is -0.143. The number of guanidine groups is 1. The van der Waals surface area contributed by atoms with E-state index >= 15 is 0 Å². The Labute approximate surface area is 148 Å². The maximum atomic E-state index is 11.3. The number of carbonyl (C=O) groups is 1. The summed E-state index contributed by atoms with van der Waals surface area (Å²) >= 11 is 0. The maximum absolute atomic E-state index is 11.3. The summed E-state index contributed by atoms with van der Waals surface area (Å²) in [6.07, 6.45) is 3.43. The first-order valence-corrected chi connectivity index (χ1v) is 9.50. The molecule has 6 heteroatoms. The number of carbonyl (C=O) groups excluding carboxylic acids is 1. The smallest absolute Gasteiger partial charge is 0.305 e. The summed E-state index contributed by atoms with van der Waals surface area (Å²) in [7, 11) is 0. The molecule has 0 amide bonds. The number of nitrogens with one attached hydrogen (secondary N) is 2. The fourth-order valence-electron chi connectivity index (χ4n) is 2.43. The third-order valence-electron chi connectivity index (χ3n) is 3.85. The third-order valence-corrected chi connectivity index (χ3v) is 3.85. The van der Waals surface area contributed by atoms with Gasteiger partial charge in [0.1, 0.15) is 0 Å². The molecule has 0 saturated heterocycles. The van der Waals surface area contributed by atoms with Crippen molar-refractivity contribution in [3.63, 3.8) is 0 Å². The molecule has 0 saturated carbocycles. The predicted octanol–water partition coefficient (Wildman–Crippen LogP) is 2.40. The van der Waals surface area contributed by atoms with E-state index < -0.39 is 0 Å². The van der Waals surface area contributed by atoms with Crippen LogP contribution < -0.4 is 10.6 Å². The first-order chi connectivity index (χ1) is 11.6. The Kier molecular flexibility index (Phi) is 14.4. The molecule has 0 aromatic heterocycles. The second kappa shape index (κ2) is 15.2. The zero-order chi connectivity index (χ0) is 18.2. The van der Waals surface area contributed by atoms with Crippen LogP contribution in [0.4, 0.5) is 0 Å². The summed E-state index contributed by atoms with van der Waals surface area (Å²) < 4.78 is 4.92. The van der Waals surface area contributed by atoms with Crippen LogP contribution in [0, 0.1) is 0 Å². The van der Waals surface area contributed by atoms with Crippen LogP contribution in [-0.2, 0) is 9.53 Å². The fourth-order valence-corrected chi connectivity index (χ4v) is 2.43. The Morgan fingerprint density at radius 3 is 2.46 bits per heavy atom. The van der Waals surface area contributed by atoms with Gasteiger partial charge in [-0.2, -0.15) is 0 Å². The highest BCUT2D eigenvalue weighted by Gasteiger charge is 2.07. The molecule has 24 heavy (non-hydrogen) atoms. The van der Waals surface area contributed by atoms with Gasteiger partial charge in [-0.05, 0) is 59.7 Å². The minimum absolute atomic E-state index is 0.143. The van der Waals surface area contributed by atoms with Crippen molar-refractivity contribution in [3.05, 3.63) is 0 Å². The van der Waals surface area contributed by atoms with Gasteiger partial charge in [-0.15, -0.1) is 0 Å². The fraction of sp³-hybridized carbons (Fsp3) is 0.889. The second-order valence-corrected chi connectivity index (χ2v) is 5.88. The monoisotopic (exact) mass is 342 g/mol. The number of hydrogen-bond donors (Lipinski definition) is 2. The summed E-state index contributed by atoms with van der Waals surface area (Å²) in [4.78, 5) is 18.3. The topological polar surface area (TPSA) is 66.0 Å². The molecule has 1 atom stereocenters. The van der Waals surface area contributed by atoms with Crippen molar-refractivity contribution >= 4 is 11.9 Å². The Morgan fingerprint density at radius 2 is 1.88 bits per heavy atom. The number of nitrogens with zero attached hydrogens (tertiary/aromatic N) is 2. The van der Waals surface area contributed by atoms with Crippen LogP contribution in [0.1, 0.15) is 60.3 Å². The molecule has 142 valence electrons. The van der Waals surface area contributed by atoms with E-state index in [0.29, 0.717) is 32.0 Å². The van der Waals surface area contributed by atoms with E-state index in [1.807, 2.05) is 6.92 Å². The van der Waals surface area contributed by atoms with Gasteiger partial charge in [0, 0.05) is 25.6 Å². The van der Waals surface area contributed by atoms with E-state index in [-0.39, 0.29) is 5.97 Å². The summed E-state index contributed by atoms with van der Waals surface area (Å²) in [6, 6.07) is 0.378. The molecule has 0 heterocycles. The predicted molar refractivity (Wildman–Crippen MR) is 101 cm³/mol. The van der Waals surface area contributed by atoms with Crippen LogP contribution in [0.5, 0.6) is 0 Å². The van der Waals surface area contributed by atoms with E-state index in [4.69, 9.17) is 4.74 Å². The van der Waals surface area contributed by atoms with E-state index in [2.05, 4.69) is 48.2 Å². The molecule has 0 aromatic rings. The molecule has 1 unspecified atom stereocenters. The van der Waals surface area contributed by atoms with Gasteiger partial charge >= 0.3 is 5.97 Å². The highest BCUT2D eigenvalue weighted by molar-refractivity contribution is 5.80. The van der Waals surface area contributed by atoms with Crippen molar-refractivity contribution in [2.75, 3.05) is 39.3 Å². The van der Waals surface area contributed by atoms with Crippen molar-refractivity contribution in [2.24, 2.45) is 4.99 Å². The quantitative estimate of drug-likeness (QED) is 0.233. The van der Waals surface area contributed by atoms with E-state index in [9.17, 15) is 4.79 Å². The average Bonchev–Trinajstić information content (AvgIpc) is 2.56. The molecule has 0 rings (SSSR count). The van der Waals surface area contributed by atoms with Crippen molar-refractivity contribution in [3.8, 4) is 0 Å². The van der Waals surface area contributed by atoms with E-state index in [1.165, 1.54) is 6.42 Å².